The van der Waals surface area contributed by atoms with Crippen molar-refractivity contribution in [3.8, 4) is 0 Å². The van der Waals surface area contributed by atoms with Gasteiger partial charge in [-0.2, -0.15) is 4.98 Å². The van der Waals surface area contributed by atoms with Gasteiger partial charge in [0.25, 0.3) is 6.01 Å². The number of anilines is 1. The number of nitrogens with two attached hydrogens (primary N) is 1. The van der Waals surface area contributed by atoms with E-state index in [-0.39, 0.29) is 6.01 Å². The van der Waals surface area contributed by atoms with Crippen LogP contribution < -0.4 is 5.73 Å². The minimum Gasteiger partial charge on any atom is -0.424 e. The number of aromatic nitrogens is 3. The molecule has 2 N–H and O–H groups in total. The SMILES string of the molecule is Cc1ccn2cc(CCc3ccc4nc(N)oc4c3)nc2c1. The van der Waals surface area contributed by atoms with E-state index in [2.05, 4.69) is 45.7 Å². The summed E-state index contributed by atoms with van der Waals surface area (Å²) in [4.78, 5) is 8.77. The van der Waals surface area contributed by atoms with Crippen LogP contribution in [0, 0.1) is 6.92 Å². The smallest absolute Gasteiger partial charge is 0.292 e. The van der Waals surface area contributed by atoms with Gasteiger partial charge in [-0.15, -0.1) is 0 Å². The van der Waals surface area contributed by atoms with Gasteiger partial charge in [0.1, 0.15) is 11.2 Å². The van der Waals surface area contributed by atoms with Gasteiger partial charge in [0.05, 0.1) is 5.69 Å². The van der Waals surface area contributed by atoms with E-state index in [1.165, 1.54) is 11.1 Å². The number of hydrogen-bond donors (Lipinski definition) is 1. The van der Waals surface area contributed by atoms with Crippen molar-refractivity contribution in [2.45, 2.75) is 19.8 Å². The van der Waals surface area contributed by atoms with Crippen LogP contribution in [0.2, 0.25) is 0 Å². The van der Waals surface area contributed by atoms with Crippen LogP contribution in [0.3, 0.4) is 0 Å². The van der Waals surface area contributed by atoms with Crippen molar-refractivity contribution in [3.05, 3.63) is 59.5 Å². The molecule has 1 aromatic carbocycles. The maximum absolute atomic E-state index is 5.57. The van der Waals surface area contributed by atoms with Crippen molar-refractivity contribution in [3.63, 3.8) is 0 Å². The van der Waals surface area contributed by atoms with Crippen LogP contribution in [-0.4, -0.2) is 14.4 Å². The Morgan fingerprint density at radius 2 is 2.05 bits per heavy atom. The summed E-state index contributed by atoms with van der Waals surface area (Å²) in [5.41, 5.74) is 11.6. The fourth-order valence-electron chi connectivity index (χ4n) is 2.67. The van der Waals surface area contributed by atoms with Crippen LogP contribution in [-0.2, 0) is 12.8 Å². The highest BCUT2D eigenvalue weighted by Crippen LogP contribution is 2.19. The van der Waals surface area contributed by atoms with E-state index < -0.39 is 0 Å². The first-order chi connectivity index (χ1) is 10.7. The molecule has 0 bridgehead atoms. The monoisotopic (exact) mass is 292 g/mol. The Hall–Kier alpha value is -2.82. The maximum atomic E-state index is 5.57. The van der Waals surface area contributed by atoms with Gasteiger partial charge in [0.15, 0.2) is 5.58 Å². The average molecular weight is 292 g/mol. The van der Waals surface area contributed by atoms with Gasteiger partial charge >= 0.3 is 0 Å². The fourth-order valence-corrected chi connectivity index (χ4v) is 2.67. The third-order valence-electron chi connectivity index (χ3n) is 3.80. The van der Waals surface area contributed by atoms with Crippen molar-refractivity contribution in [2.24, 2.45) is 0 Å². The minimum absolute atomic E-state index is 0.211. The highest BCUT2D eigenvalue weighted by atomic mass is 16.4. The zero-order valence-electron chi connectivity index (χ0n) is 12.3. The van der Waals surface area contributed by atoms with Crippen LogP contribution in [0.15, 0.2) is 47.1 Å². The van der Waals surface area contributed by atoms with Gasteiger partial charge in [-0.1, -0.05) is 6.07 Å². The Bertz CT molecular complexity index is 965. The molecule has 0 saturated carbocycles. The predicted molar refractivity (Wildman–Crippen MR) is 85.8 cm³/mol. The lowest BCUT2D eigenvalue weighted by molar-refractivity contribution is 0.625. The molecule has 110 valence electrons. The molecule has 3 heterocycles. The second kappa shape index (κ2) is 4.87. The first kappa shape index (κ1) is 12.9. The number of hydrogen-bond acceptors (Lipinski definition) is 4. The molecule has 0 radical (unpaired) electrons. The van der Waals surface area contributed by atoms with E-state index in [9.17, 15) is 0 Å². The molecule has 5 heteroatoms. The maximum Gasteiger partial charge on any atom is 0.292 e. The lowest BCUT2D eigenvalue weighted by Gasteiger charge is -1.98. The average Bonchev–Trinajstić information content (AvgIpc) is 3.05. The van der Waals surface area contributed by atoms with E-state index >= 15 is 0 Å². The molecule has 0 aliphatic rings. The van der Waals surface area contributed by atoms with Crippen LogP contribution >= 0.6 is 0 Å². The molecule has 22 heavy (non-hydrogen) atoms. The summed E-state index contributed by atoms with van der Waals surface area (Å²) in [6.07, 6.45) is 5.92. The van der Waals surface area contributed by atoms with Gasteiger partial charge in [-0.25, -0.2) is 4.98 Å². The summed E-state index contributed by atoms with van der Waals surface area (Å²) < 4.78 is 7.43. The molecule has 0 atom stereocenters. The standard InChI is InChI=1S/C17H16N4O/c1-11-6-7-21-10-13(19-16(21)8-11)4-2-12-3-5-14-15(9-12)22-17(18)20-14/h3,5-10H,2,4H2,1H3,(H2,18,20). The molecular weight excluding hydrogens is 276 g/mol. The normalized spacial score (nSPS) is 11.5. The number of rotatable bonds is 3. The van der Waals surface area contributed by atoms with Crippen LogP contribution in [0.4, 0.5) is 6.01 Å². The van der Waals surface area contributed by atoms with Gasteiger partial charge in [0, 0.05) is 12.4 Å². The molecule has 0 saturated heterocycles. The molecule has 0 fully saturated rings. The molecule has 0 unspecified atom stereocenters. The topological polar surface area (TPSA) is 69.3 Å². The number of nitrogen functional groups attached to an aromatic ring is 1. The number of pyridine rings is 1. The van der Waals surface area contributed by atoms with Gasteiger partial charge in [-0.05, 0) is 55.2 Å². The molecule has 0 aliphatic heterocycles. The lowest BCUT2D eigenvalue weighted by Crippen LogP contribution is -1.91. The number of aryl methyl sites for hydroxylation is 3. The molecule has 0 aliphatic carbocycles. The third-order valence-corrected chi connectivity index (χ3v) is 3.80. The number of benzene rings is 1. The Balaban J connectivity index is 1.56. The first-order valence-corrected chi connectivity index (χ1v) is 7.26. The quantitative estimate of drug-likeness (QED) is 0.629. The predicted octanol–water partition coefficient (Wildman–Crippen LogP) is 3.15. The highest BCUT2D eigenvalue weighted by Gasteiger charge is 2.06. The van der Waals surface area contributed by atoms with Crippen molar-refractivity contribution in [1.82, 2.24) is 14.4 Å². The summed E-state index contributed by atoms with van der Waals surface area (Å²) in [6, 6.07) is 10.4. The highest BCUT2D eigenvalue weighted by molar-refractivity contribution is 5.74. The zero-order chi connectivity index (χ0) is 15.1. The van der Waals surface area contributed by atoms with Gasteiger partial charge in [0.2, 0.25) is 0 Å². The molecule has 4 aromatic rings. The number of fused-ring (bicyclic) bond motifs is 2. The van der Waals surface area contributed by atoms with Crippen LogP contribution in [0.5, 0.6) is 0 Å². The van der Waals surface area contributed by atoms with Crippen molar-refractivity contribution < 1.29 is 4.42 Å². The molecule has 3 aromatic heterocycles. The second-order valence-electron chi connectivity index (χ2n) is 5.56. The van der Waals surface area contributed by atoms with E-state index in [0.29, 0.717) is 0 Å². The molecule has 0 amide bonds. The number of oxazole rings is 1. The zero-order valence-corrected chi connectivity index (χ0v) is 12.3. The number of nitrogens with zero attached hydrogens (tertiary/aromatic N) is 3. The van der Waals surface area contributed by atoms with E-state index in [1.807, 2.05) is 18.3 Å². The van der Waals surface area contributed by atoms with Gasteiger partial charge < -0.3 is 14.6 Å². The Morgan fingerprint density at radius 1 is 1.14 bits per heavy atom. The molecule has 0 spiro atoms. The van der Waals surface area contributed by atoms with Crippen LogP contribution in [0.25, 0.3) is 16.7 Å². The Morgan fingerprint density at radius 3 is 2.95 bits per heavy atom. The van der Waals surface area contributed by atoms with E-state index in [0.717, 1.165) is 35.3 Å². The van der Waals surface area contributed by atoms with E-state index in [1.54, 1.807) is 0 Å². The van der Waals surface area contributed by atoms with Crippen LogP contribution in [0.1, 0.15) is 16.8 Å². The molecule has 5 nitrogen and oxygen atoms in total. The summed E-state index contributed by atoms with van der Waals surface area (Å²) in [6.45, 7) is 2.08. The van der Waals surface area contributed by atoms with E-state index in [4.69, 9.17) is 10.2 Å². The summed E-state index contributed by atoms with van der Waals surface area (Å²) in [5.74, 6) is 0. The Kier molecular flexibility index (Phi) is 2.85. The number of imidazole rings is 1. The summed E-state index contributed by atoms with van der Waals surface area (Å²) in [7, 11) is 0. The van der Waals surface area contributed by atoms with Gasteiger partial charge in [-0.3, -0.25) is 0 Å². The summed E-state index contributed by atoms with van der Waals surface area (Å²) in [5, 5.41) is 0. The molecular formula is C17H16N4O. The lowest BCUT2D eigenvalue weighted by atomic mass is 10.1. The van der Waals surface area contributed by atoms with Crippen molar-refractivity contribution in [1.29, 1.82) is 0 Å². The summed E-state index contributed by atoms with van der Waals surface area (Å²) >= 11 is 0. The molecule has 4 rings (SSSR count). The third kappa shape index (κ3) is 2.30. The fraction of sp³-hybridized carbons (Fsp3) is 0.176. The minimum atomic E-state index is 0.211. The largest absolute Gasteiger partial charge is 0.424 e. The first-order valence-electron chi connectivity index (χ1n) is 7.26. The van der Waals surface area contributed by atoms with Crippen molar-refractivity contribution >= 4 is 22.8 Å². The van der Waals surface area contributed by atoms with Crippen molar-refractivity contribution in [2.75, 3.05) is 5.73 Å². The second-order valence-corrected chi connectivity index (χ2v) is 5.56. The Labute approximate surface area is 127 Å².